The van der Waals surface area contributed by atoms with Crippen LogP contribution in [0.1, 0.15) is 5.56 Å². The lowest BCUT2D eigenvalue weighted by Crippen LogP contribution is -2.16. The van der Waals surface area contributed by atoms with Crippen molar-refractivity contribution < 1.29 is 21.6 Å². The van der Waals surface area contributed by atoms with Crippen molar-refractivity contribution in [2.75, 3.05) is 10.5 Å². The topological polar surface area (TPSA) is 70.0 Å². The molecule has 0 amide bonds. The average Bonchev–Trinajstić information content (AvgIpc) is 2.19. The van der Waals surface area contributed by atoms with E-state index in [1.807, 2.05) is 4.72 Å². The van der Waals surface area contributed by atoms with Gasteiger partial charge in [0, 0.05) is 0 Å². The number of rotatable bonds is 3. The van der Waals surface area contributed by atoms with Crippen LogP contribution in [-0.2, 0) is 16.2 Å². The monoisotopic (exact) mass is 298 g/mol. The molecule has 0 bridgehead atoms. The first-order valence-corrected chi connectivity index (χ1v) is 6.43. The van der Waals surface area contributed by atoms with Crippen molar-refractivity contribution in [3.8, 4) is 6.07 Å². The van der Waals surface area contributed by atoms with Gasteiger partial charge in [-0.2, -0.15) is 18.4 Å². The lowest BCUT2D eigenvalue weighted by molar-refractivity contribution is -0.137. The molecule has 0 radical (unpaired) electrons. The quantitative estimate of drug-likeness (QED) is 0.932. The van der Waals surface area contributed by atoms with Crippen molar-refractivity contribution in [3.05, 3.63) is 28.8 Å². The van der Waals surface area contributed by atoms with Crippen LogP contribution in [0.2, 0.25) is 5.02 Å². The first kappa shape index (κ1) is 14.6. The van der Waals surface area contributed by atoms with Crippen molar-refractivity contribution >= 4 is 27.3 Å². The Kier molecular flexibility index (Phi) is 4.09. The Hall–Kier alpha value is -1.46. The maximum absolute atomic E-state index is 12.4. The summed E-state index contributed by atoms with van der Waals surface area (Å²) in [6, 6.07) is 3.60. The summed E-state index contributed by atoms with van der Waals surface area (Å²) in [6.45, 7) is 0. The van der Waals surface area contributed by atoms with Gasteiger partial charge in [0.1, 0.15) is 0 Å². The third kappa shape index (κ3) is 3.78. The van der Waals surface area contributed by atoms with Crippen molar-refractivity contribution in [2.45, 2.75) is 6.18 Å². The highest BCUT2D eigenvalue weighted by Crippen LogP contribution is 2.34. The average molecular weight is 299 g/mol. The Morgan fingerprint density at radius 1 is 1.39 bits per heavy atom. The molecule has 0 saturated heterocycles. The van der Waals surface area contributed by atoms with Gasteiger partial charge in [-0.3, -0.25) is 4.72 Å². The van der Waals surface area contributed by atoms with E-state index in [1.165, 1.54) is 6.07 Å². The zero-order valence-corrected chi connectivity index (χ0v) is 10.2. The largest absolute Gasteiger partial charge is 0.416 e. The second-order valence-corrected chi connectivity index (χ2v) is 5.34. The summed E-state index contributed by atoms with van der Waals surface area (Å²) in [4.78, 5) is 0. The van der Waals surface area contributed by atoms with Crippen molar-refractivity contribution in [3.63, 3.8) is 0 Å². The van der Waals surface area contributed by atoms with Gasteiger partial charge in [0.15, 0.2) is 5.75 Å². The number of anilines is 1. The molecule has 0 fully saturated rings. The van der Waals surface area contributed by atoms with Crippen LogP contribution in [0.25, 0.3) is 0 Å². The Morgan fingerprint density at radius 2 is 2.00 bits per heavy atom. The molecule has 0 aliphatic carbocycles. The molecule has 4 nitrogen and oxygen atoms in total. The number of benzene rings is 1. The van der Waals surface area contributed by atoms with E-state index in [-0.39, 0.29) is 5.02 Å². The number of nitriles is 1. The summed E-state index contributed by atoms with van der Waals surface area (Å²) < 4.78 is 61.5. The van der Waals surface area contributed by atoms with Crippen LogP contribution in [0.3, 0.4) is 0 Å². The van der Waals surface area contributed by atoms with Gasteiger partial charge in [0.25, 0.3) is 0 Å². The molecule has 0 heterocycles. The van der Waals surface area contributed by atoms with Gasteiger partial charge in [0.05, 0.1) is 22.3 Å². The molecule has 0 saturated carbocycles. The number of nitrogens with zero attached hydrogens (tertiary/aromatic N) is 1. The summed E-state index contributed by atoms with van der Waals surface area (Å²) in [5.41, 5.74) is -1.46. The lowest BCUT2D eigenvalue weighted by Gasteiger charge is -2.11. The van der Waals surface area contributed by atoms with E-state index in [0.29, 0.717) is 6.07 Å². The summed E-state index contributed by atoms with van der Waals surface area (Å²) in [6.07, 6.45) is -4.61. The maximum atomic E-state index is 12.4. The third-order valence-corrected chi connectivity index (χ3v) is 3.18. The van der Waals surface area contributed by atoms with E-state index in [0.717, 1.165) is 12.1 Å². The van der Waals surface area contributed by atoms with E-state index < -0.39 is 33.2 Å². The highest BCUT2D eigenvalue weighted by Gasteiger charge is 2.31. The zero-order valence-electron chi connectivity index (χ0n) is 8.62. The number of alkyl halides is 3. The first-order valence-electron chi connectivity index (χ1n) is 4.40. The van der Waals surface area contributed by atoms with E-state index in [4.69, 9.17) is 16.9 Å². The second kappa shape index (κ2) is 5.04. The van der Waals surface area contributed by atoms with Crippen molar-refractivity contribution in [1.29, 1.82) is 5.26 Å². The van der Waals surface area contributed by atoms with E-state index >= 15 is 0 Å². The molecule has 1 N–H and O–H groups in total. The van der Waals surface area contributed by atoms with Gasteiger partial charge < -0.3 is 0 Å². The fourth-order valence-corrected chi connectivity index (χ4v) is 2.04. The van der Waals surface area contributed by atoms with E-state index in [2.05, 4.69) is 0 Å². The normalized spacial score (nSPS) is 11.9. The molecule has 0 aromatic heterocycles. The Bertz CT molecular complexity index is 593. The van der Waals surface area contributed by atoms with Crippen LogP contribution >= 0.6 is 11.6 Å². The molecule has 1 rings (SSSR count). The molecule has 1 aromatic rings. The first-order chi connectivity index (χ1) is 8.15. The fraction of sp³-hybridized carbons (Fsp3) is 0.222. The summed E-state index contributed by atoms with van der Waals surface area (Å²) in [5, 5.41) is 8.06. The molecule has 9 heteroatoms. The van der Waals surface area contributed by atoms with Crippen LogP contribution in [0, 0.1) is 11.3 Å². The molecule has 98 valence electrons. The molecule has 0 aliphatic rings. The minimum absolute atomic E-state index is 0.190. The third-order valence-electron chi connectivity index (χ3n) is 1.81. The highest BCUT2D eigenvalue weighted by atomic mass is 35.5. The van der Waals surface area contributed by atoms with Crippen molar-refractivity contribution in [2.24, 2.45) is 0 Å². The predicted octanol–water partition coefficient (Wildman–Crippen LogP) is 2.62. The van der Waals surface area contributed by atoms with Crippen LogP contribution in [-0.4, -0.2) is 14.2 Å². The Labute approximate surface area is 106 Å². The predicted molar refractivity (Wildman–Crippen MR) is 59.5 cm³/mol. The number of nitrogens with one attached hydrogen (secondary N) is 1. The summed E-state index contributed by atoms with van der Waals surface area (Å²) in [5.74, 6) is -0.875. The van der Waals surface area contributed by atoms with Crippen molar-refractivity contribution in [1.82, 2.24) is 0 Å². The minimum Gasteiger partial charge on any atom is -0.281 e. The summed E-state index contributed by atoms with van der Waals surface area (Å²) in [7, 11) is -4.03. The SMILES string of the molecule is N#CCS(=O)(=O)Nc1cc(C(F)(F)F)ccc1Cl. The van der Waals surface area contributed by atoms with Crippen LogP contribution in [0.5, 0.6) is 0 Å². The standard InChI is InChI=1S/C9H6ClF3N2O2S/c10-7-2-1-6(9(11,12)13)5-8(7)15-18(16,17)4-3-14/h1-2,5,15H,4H2. The van der Waals surface area contributed by atoms with Gasteiger partial charge in [-0.15, -0.1) is 0 Å². The Morgan fingerprint density at radius 3 is 2.50 bits per heavy atom. The molecule has 0 spiro atoms. The molecular formula is C9H6ClF3N2O2S. The van der Waals surface area contributed by atoms with Crippen LogP contribution in [0.4, 0.5) is 18.9 Å². The van der Waals surface area contributed by atoms with Gasteiger partial charge in [0.2, 0.25) is 10.0 Å². The fourth-order valence-electron chi connectivity index (χ4n) is 1.07. The lowest BCUT2D eigenvalue weighted by atomic mass is 10.2. The molecule has 0 unspecified atom stereocenters. The van der Waals surface area contributed by atoms with Crippen LogP contribution in [0.15, 0.2) is 18.2 Å². The van der Waals surface area contributed by atoms with Crippen LogP contribution < -0.4 is 4.72 Å². The summed E-state index contributed by atoms with van der Waals surface area (Å²) >= 11 is 5.58. The number of sulfonamides is 1. The second-order valence-electron chi connectivity index (χ2n) is 3.21. The number of hydrogen-bond acceptors (Lipinski definition) is 3. The zero-order chi connectivity index (χ0) is 14.0. The van der Waals surface area contributed by atoms with Gasteiger partial charge in [-0.05, 0) is 18.2 Å². The van der Waals surface area contributed by atoms with E-state index in [9.17, 15) is 21.6 Å². The molecule has 18 heavy (non-hydrogen) atoms. The highest BCUT2D eigenvalue weighted by molar-refractivity contribution is 7.92. The van der Waals surface area contributed by atoms with Gasteiger partial charge in [-0.1, -0.05) is 11.6 Å². The number of halogens is 4. The smallest absolute Gasteiger partial charge is 0.281 e. The van der Waals surface area contributed by atoms with Gasteiger partial charge >= 0.3 is 6.18 Å². The minimum atomic E-state index is -4.61. The van der Waals surface area contributed by atoms with E-state index in [1.54, 1.807) is 0 Å². The maximum Gasteiger partial charge on any atom is 0.416 e. The molecule has 0 aliphatic heterocycles. The van der Waals surface area contributed by atoms with Gasteiger partial charge in [-0.25, -0.2) is 8.42 Å². The molecule has 0 atom stereocenters. The molecular weight excluding hydrogens is 293 g/mol. The Balaban J connectivity index is 3.15. The number of hydrogen-bond donors (Lipinski definition) is 1. The molecule has 1 aromatic carbocycles.